The van der Waals surface area contributed by atoms with Gasteiger partial charge >= 0.3 is 6.09 Å². The van der Waals surface area contributed by atoms with Crippen LogP contribution in [0.15, 0.2) is 42.5 Å². The number of alkyl carbamates (subject to hydrolysis) is 1. The van der Waals surface area contributed by atoms with Crippen LogP contribution in [0.3, 0.4) is 0 Å². The van der Waals surface area contributed by atoms with Crippen LogP contribution in [0, 0.1) is 0 Å². The van der Waals surface area contributed by atoms with Crippen molar-refractivity contribution in [1.82, 2.24) is 15.5 Å². The lowest BCUT2D eigenvalue weighted by Gasteiger charge is -2.27. The van der Waals surface area contributed by atoms with Crippen molar-refractivity contribution in [3.8, 4) is 0 Å². The van der Waals surface area contributed by atoms with Gasteiger partial charge in [0.1, 0.15) is 11.6 Å². The van der Waals surface area contributed by atoms with E-state index in [2.05, 4.69) is 21.3 Å². The molecule has 1 saturated heterocycles. The number of nitrogens with one attached hydrogen (secondary N) is 4. The Labute approximate surface area is 249 Å². The van der Waals surface area contributed by atoms with Gasteiger partial charge in [0, 0.05) is 31.6 Å². The summed E-state index contributed by atoms with van der Waals surface area (Å²) in [4.78, 5) is 75.4. The Morgan fingerprint density at radius 2 is 1.77 bits per heavy atom. The highest BCUT2D eigenvalue weighted by atomic mass is 16.6. The number of hydrogen-bond donors (Lipinski definition) is 4. The molecule has 2 aliphatic rings. The summed E-state index contributed by atoms with van der Waals surface area (Å²) in [6, 6.07) is 11.3. The van der Waals surface area contributed by atoms with Gasteiger partial charge in [-0.25, -0.2) is 4.79 Å². The van der Waals surface area contributed by atoms with Crippen LogP contribution >= 0.6 is 0 Å². The molecule has 4 rings (SSSR count). The monoisotopic (exact) mass is 591 g/mol. The lowest BCUT2D eigenvalue weighted by Crippen LogP contribution is -2.54. The van der Waals surface area contributed by atoms with E-state index in [9.17, 15) is 28.8 Å². The Balaban J connectivity index is 1.20. The second-order valence-electron chi connectivity index (χ2n) is 11.5. The predicted molar refractivity (Wildman–Crippen MR) is 158 cm³/mol. The van der Waals surface area contributed by atoms with Gasteiger partial charge in [0.25, 0.3) is 11.8 Å². The molecule has 2 heterocycles. The molecule has 0 spiro atoms. The van der Waals surface area contributed by atoms with Gasteiger partial charge in [-0.1, -0.05) is 24.6 Å². The van der Waals surface area contributed by atoms with Gasteiger partial charge in [0.2, 0.25) is 17.7 Å². The first kappa shape index (κ1) is 31.2. The van der Waals surface area contributed by atoms with Crippen LogP contribution in [0.25, 0.3) is 0 Å². The smallest absolute Gasteiger partial charge is 0.407 e. The predicted octanol–water partition coefficient (Wildman–Crippen LogP) is 3.72. The van der Waals surface area contributed by atoms with Crippen LogP contribution in [-0.2, 0) is 25.7 Å². The SMILES string of the molecule is CC(C)(C)OC(=O)NCc1cccc(NCCCCCC(=O)Nc2cccc3c2C(=O)N(C2CCC(=O)NC2=O)C3=O)c1. The van der Waals surface area contributed by atoms with Gasteiger partial charge in [-0.2, -0.15) is 0 Å². The molecule has 2 aromatic rings. The summed E-state index contributed by atoms with van der Waals surface area (Å²) in [6.45, 7) is 6.47. The number of fused-ring (bicyclic) bond motifs is 1. The van der Waals surface area contributed by atoms with E-state index in [1.165, 1.54) is 6.07 Å². The molecule has 6 amide bonds. The van der Waals surface area contributed by atoms with Crippen molar-refractivity contribution in [2.75, 3.05) is 17.2 Å². The molecule has 0 saturated carbocycles. The largest absolute Gasteiger partial charge is 0.444 e. The number of carbonyl (C=O) groups excluding carboxylic acids is 6. The van der Waals surface area contributed by atoms with Crippen molar-refractivity contribution in [1.29, 1.82) is 0 Å². The van der Waals surface area contributed by atoms with Crippen LogP contribution < -0.4 is 21.3 Å². The van der Waals surface area contributed by atoms with E-state index in [0.717, 1.165) is 29.0 Å². The first-order valence-corrected chi connectivity index (χ1v) is 14.4. The van der Waals surface area contributed by atoms with Crippen molar-refractivity contribution in [2.24, 2.45) is 0 Å². The number of unbranched alkanes of at least 4 members (excludes halogenated alkanes) is 2. The molecule has 2 aromatic carbocycles. The Hall–Kier alpha value is -4.74. The van der Waals surface area contributed by atoms with Gasteiger partial charge in [-0.05, 0) is 69.9 Å². The van der Waals surface area contributed by atoms with Crippen LogP contribution in [-0.4, -0.2) is 58.7 Å². The third kappa shape index (κ3) is 8.18. The van der Waals surface area contributed by atoms with E-state index < -0.39 is 41.4 Å². The Morgan fingerprint density at radius 1 is 1.00 bits per heavy atom. The van der Waals surface area contributed by atoms with Crippen molar-refractivity contribution in [3.05, 3.63) is 59.2 Å². The molecule has 43 heavy (non-hydrogen) atoms. The zero-order valence-corrected chi connectivity index (χ0v) is 24.6. The average molecular weight is 592 g/mol. The highest BCUT2D eigenvalue weighted by molar-refractivity contribution is 6.26. The molecule has 1 unspecified atom stereocenters. The fourth-order valence-corrected chi connectivity index (χ4v) is 4.93. The highest BCUT2D eigenvalue weighted by Gasteiger charge is 2.45. The maximum absolute atomic E-state index is 13.2. The molecule has 0 radical (unpaired) electrons. The molecule has 0 bridgehead atoms. The fourth-order valence-electron chi connectivity index (χ4n) is 4.93. The first-order chi connectivity index (χ1) is 20.4. The van der Waals surface area contributed by atoms with Crippen molar-refractivity contribution >= 4 is 47.0 Å². The third-order valence-electron chi connectivity index (χ3n) is 6.91. The number of hydrogen-bond acceptors (Lipinski definition) is 8. The summed E-state index contributed by atoms with van der Waals surface area (Å²) >= 11 is 0. The molecule has 12 nitrogen and oxygen atoms in total. The summed E-state index contributed by atoms with van der Waals surface area (Å²) in [7, 11) is 0. The fraction of sp³-hybridized carbons (Fsp3) is 0.419. The van der Waals surface area contributed by atoms with Crippen molar-refractivity contribution in [3.63, 3.8) is 0 Å². The third-order valence-corrected chi connectivity index (χ3v) is 6.91. The topological polar surface area (TPSA) is 163 Å². The number of piperidine rings is 1. The molecule has 0 aromatic heterocycles. The minimum absolute atomic E-state index is 0.0304. The molecule has 4 N–H and O–H groups in total. The second-order valence-corrected chi connectivity index (χ2v) is 11.5. The lowest BCUT2D eigenvalue weighted by molar-refractivity contribution is -0.136. The zero-order chi connectivity index (χ0) is 31.1. The molecule has 1 atom stereocenters. The van der Waals surface area contributed by atoms with Gasteiger partial charge in [0.05, 0.1) is 16.8 Å². The standard InChI is InChI=1S/C31H37N5O7/c1-31(2,3)43-30(42)33-18-19-9-7-10-20(17-19)32-16-6-4-5-13-24(37)34-22-12-8-11-21-26(22)29(41)36(28(21)40)23-14-15-25(38)35-27(23)39/h7-12,17,23,32H,4-6,13-16,18H2,1-3H3,(H,33,42)(H,34,37)(H,35,38,39). The molecule has 12 heteroatoms. The second kappa shape index (κ2) is 13.5. The van der Waals surface area contributed by atoms with Crippen LogP contribution in [0.2, 0.25) is 0 Å². The van der Waals surface area contributed by atoms with Gasteiger partial charge in [-0.3, -0.25) is 34.2 Å². The van der Waals surface area contributed by atoms with E-state index in [1.807, 2.05) is 45.0 Å². The summed E-state index contributed by atoms with van der Waals surface area (Å²) < 4.78 is 5.26. The van der Waals surface area contributed by atoms with E-state index in [-0.39, 0.29) is 42.0 Å². The molecule has 1 fully saturated rings. The zero-order valence-electron chi connectivity index (χ0n) is 24.6. The summed E-state index contributed by atoms with van der Waals surface area (Å²) in [6.07, 6.45) is 2.08. The maximum Gasteiger partial charge on any atom is 0.407 e. The van der Waals surface area contributed by atoms with Crippen LogP contribution in [0.1, 0.15) is 85.6 Å². The lowest BCUT2D eigenvalue weighted by atomic mass is 10.0. The summed E-state index contributed by atoms with van der Waals surface area (Å²) in [5, 5.41) is 11.0. The molecular weight excluding hydrogens is 554 g/mol. The van der Waals surface area contributed by atoms with E-state index in [4.69, 9.17) is 4.74 Å². The molecular formula is C31H37N5O7. The number of carbonyl (C=O) groups is 6. The van der Waals surface area contributed by atoms with Crippen molar-refractivity contribution < 1.29 is 33.5 Å². The number of ether oxygens (including phenoxy) is 1. The maximum atomic E-state index is 13.2. The Kier molecular flexibility index (Phi) is 9.79. The number of benzene rings is 2. The van der Waals surface area contributed by atoms with Gasteiger partial charge in [0.15, 0.2) is 0 Å². The summed E-state index contributed by atoms with van der Waals surface area (Å²) in [5.74, 6) is -2.70. The van der Waals surface area contributed by atoms with Crippen LogP contribution in [0.5, 0.6) is 0 Å². The quantitative estimate of drug-likeness (QED) is 0.227. The van der Waals surface area contributed by atoms with E-state index in [1.54, 1.807) is 12.1 Å². The summed E-state index contributed by atoms with van der Waals surface area (Å²) in [5.41, 5.74) is 1.68. The Morgan fingerprint density at radius 3 is 2.51 bits per heavy atom. The minimum atomic E-state index is -1.07. The first-order valence-electron chi connectivity index (χ1n) is 14.4. The number of imide groups is 2. The minimum Gasteiger partial charge on any atom is -0.444 e. The average Bonchev–Trinajstić information content (AvgIpc) is 3.19. The number of rotatable bonds is 11. The molecule has 228 valence electrons. The number of amides is 6. The highest BCUT2D eigenvalue weighted by Crippen LogP contribution is 2.32. The number of nitrogens with zero attached hydrogens (tertiary/aromatic N) is 1. The van der Waals surface area contributed by atoms with Gasteiger partial charge < -0.3 is 20.7 Å². The molecule has 2 aliphatic heterocycles. The van der Waals surface area contributed by atoms with E-state index >= 15 is 0 Å². The normalized spacial score (nSPS) is 16.4. The van der Waals surface area contributed by atoms with Gasteiger partial charge in [-0.15, -0.1) is 0 Å². The van der Waals surface area contributed by atoms with Crippen molar-refractivity contribution in [2.45, 2.75) is 77.5 Å². The Bertz CT molecular complexity index is 1430. The van der Waals surface area contributed by atoms with E-state index in [0.29, 0.717) is 19.5 Å². The molecule has 0 aliphatic carbocycles. The number of anilines is 2. The van der Waals surface area contributed by atoms with Crippen LogP contribution in [0.4, 0.5) is 16.2 Å².